The zero-order valence-electron chi connectivity index (χ0n) is 11.4. The molecule has 1 amide bonds. The number of nitrogens with zero attached hydrogens (tertiary/aromatic N) is 1. The van der Waals surface area contributed by atoms with Crippen LogP contribution < -0.4 is 10.6 Å². The molecule has 0 spiro atoms. The number of nitrogens with one attached hydrogen (secondary N) is 2. The Labute approximate surface area is 118 Å². The van der Waals surface area contributed by atoms with Gasteiger partial charge in [0.1, 0.15) is 0 Å². The summed E-state index contributed by atoms with van der Waals surface area (Å²) in [6.07, 6.45) is 1.74. The molecule has 4 nitrogen and oxygen atoms in total. The third-order valence-electron chi connectivity index (χ3n) is 3.58. The molecule has 102 valence electrons. The summed E-state index contributed by atoms with van der Waals surface area (Å²) in [4.78, 5) is 16.5. The normalized spacial score (nSPS) is 14.7. The van der Waals surface area contributed by atoms with Crippen molar-refractivity contribution in [3.8, 4) is 0 Å². The van der Waals surface area contributed by atoms with E-state index in [4.69, 9.17) is 0 Å². The lowest BCUT2D eigenvalue weighted by Crippen LogP contribution is -2.27. The summed E-state index contributed by atoms with van der Waals surface area (Å²) in [6.45, 7) is 3.67. The van der Waals surface area contributed by atoms with Crippen LogP contribution >= 0.6 is 0 Å². The Morgan fingerprint density at radius 1 is 1.25 bits per heavy atom. The summed E-state index contributed by atoms with van der Waals surface area (Å²) >= 11 is 0. The van der Waals surface area contributed by atoms with E-state index in [2.05, 4.69) is 15.6 Å². The van der Waals surface area contributed by atoms with E-state index < -0.39 is 0 Å². The van der Waals surface area contributed by atoms with Crippen LogP contribution in [-0.4, -0.2) is 10.9 Å². The first-order valence-electron chi connectivity index (χ1n) is 6.78. The van der Waals surface area contributed by atoms with Crippen LogP contribution in [0.4, 0.5) is 0 Å². The molecule has 0 saturated heterocycles. The smallest absolute Gasteiger partial charge is 0.251 e. The molecule has 1 aliphatic heterocycles. The number of hydrogen-bond donors (Lipinski definition) is 2. The van der Waals surface area contributed by atoms with Crippen LogP contribution in [0.1, 0.15) is 40.1 Å². The van der Waals surface area contributed by atoms with Crippen LogP contribution in [0.15, 0.2) is 42.6 Å². The van der Waals surface area contributed by atoms with E-state index in [9.17, 15) is 4.79 Å². The highest BCUT2D eigenvalue weighted by molar-refractivity contribution is 5.94. The molecule has 1 unspecified atom stereocenters. The second kappa shape index (κ2) is 5.43. The topological polar surface area (TPSA) is 54.0 Å². The van der Waals surface area contributed by atoms with E-state index in [1.807, 2.05) is 43.3 Å². The van der Waals surface area contributed by atoms with Gasteiger partial charge in [-0.25, -0.2) is 0 Å². The van der Waals surface area contributed by atoms with Crippen molar-refractivity contribution in [1.29, 1.82) is 0 Å². The average molecular weight is 267 g/mol. The fourth-order valence-corrected chi connectivity index (χ4v) is 2.42. The molecule has 2 N–H and O–H groups in total. The zero-order valence-corrected chi connectivity index (χ0v) is 11.4. The predicted molar refractivity (Wildman–Crippen MR) is 77.1 cm³/mol. The van der Waals surface area contributed by atoms with Gasteiger partial charge in [-0.1, -0.05) is 12.1 Å². The van der Waals surface area contributed by atoms with Gasteiger partial charge in [-0.05, 0) is 42.3 Å². The molecule has 1 aromatic heterocycles. The lowest BCUT2D eigenvalue weighted by Gasteiger charge is -2.13. The number of carbonyl (C=O) groups is 1. The number of aromatic nitrogens is 1. The van der Waals surface area contributed by atoms with Gasteiger partial charge in [0.15, 0.2) is 0 Å². The molecule has 20 heavy (non-hydrogen) atoms. The summed E-state index contributed by atoms with van der Waals surface area (Å²) in [6, 6.07) is 11.5. The fourth-order valence-electron chi connectivity index (χ4n) is 2.42. The summed E-state index contributed by atoms with van der Waals surface area (Å²) in [7, 11) is 0. The van der Waals surface area contributed by atoms with Crippen molar-refractivity contribution >= 4 is 5.91 Å². The van der Waals surface area contributed by atoms with Gasteiger partial charge in [0.25, 0.3) is 5.91 Å². The molecule has 1 aromatic carbocycles. The van der Waals surface area contributed by atoms with Crippen LogP contribution in [0.3, 0.4) is 0 Å². The number of amides is 1. The summed E-state index contributed by atoms with van der Waals surface area (Å²) in [5.41, 5.74) is 4.06. The second-order valence-corrected chi connectivity index (χ2v) is 5.04. The maximum Gasteiger partial charge on any atom is 0.251 e. The number of carbonyl (C=O) groups excluding carboxylic acids is 1. The Morgan fingerprint density at radius 3 is 2.90 bits per heavy atom. The monoisotopic (exact) mass is 267 g/mol. The standard InChI is InChI=1S/C16H17N3O/c1-11(15-4-2-3-7-18-15)19-16(20)12-5-6-13-9-17-10-14(13)8-12/h2-8,11,17H,9-10H2,1H3,(H,19,20). The number of benzene rings is 1. The highest BCUT2D eigenvalue weighted by atomic mass is 16.1. The first kappa shape index (κ1) is 12.8. The number of pyridine rings is 1. The average Bonchev–Trinajstić information content (AvgIpc) is 2.95. The molecular formula is C16H17N3O. The molecule has 0 bridgehead atoms. The number of fused-ring (bicyclic) bond motifs is 1. The summed E-state index contributed by atoms with van der Waals surface area (Å²) in [5, 5.41) is 6.26. The Kier molecular flexibility index (Phi) is 3.48. The van der Waals surface area contributed by atoms with Gasteiger partial charge >= 0.3 is 0 Å². The lowest BCUT2D eigenvalue weighted by molar-refractivity contribution is 0.0939. The Bertz CT molecular complexity index is 625. The highest BCUT2D eigenvalue weighted by Crippen LogP contribution is 2.18. The van der Waals surface area contributed by atoms with Crippen molar-refractivity contribution in [2.45, 2.75) is 26.1 Å². The third kappa shape index (κ3) is 2.56. The molecule has 4 heteroatoms. The lowest BCUT2D eigenvalue weighted by atomic mass is 10.1. The molecule has 0 saturated carbocycles. The SMILES string of the molecule is CC(NC(=O)c1ccc2c(c1)CNC2)c1ccccn1. The zero-order chi connectivity index (χ0) is 13.9. The first-order chi connectivity index (χ1) is 9.74. The van der Waals surface area contributed by atoms with Gasteiger partial charge in [0, 0.05) is 24.8 Å². The van der Waals surface area contributed by atoms with E-state index in [0.717, 1.165) is 18.8 Å². The Balaban J connectivity index is 1.73. The molecule has 1 aliphatic rings. The van der Waals surface area contributed by atoms with Crippen molar-refractivity contribution < 1.29 is 4.79 Å². The minimum absolute atomic E-state index is 0.0575. The van der Waals surface area contributed by atoms with Gasteiger partial charge in [-0.15, -0.1) is 0 Å². The van der Waals surface area contributed by atoms with Crippen LogP contribution in [0.25, 0.3) is 0 Å². The van der Waals surface area contributed by atoms with Crippen LogP contribution in [0.5, 0.6) is 0 Å². The summed E-state index contributed by atoms with van der Waals surface area (Å²) < 4.78 is 0. The Morgan fingerprint density at radius 2 is 2.10 bits per heavy atom. The third-order valence-corrected chi connectivity index (χ3v) is 3.58. The van der Waals surface area contributed by atoms with Crippen LogP contribution in [0.2, 0.25) is 0 Å². The minimum atomic E-state index is -0.102. The van der Waals surface area contributed by atoms with Gasteiger partial charge < -0.3 is 10.6 Å². The van der Waals surface area contributed by atoms with Gasteiger partial charge in [-0.2, -0.15) is 0 Å². The number of hydrogen-bond acceptors (Lipinski definition) is 3. The molecule has 0 aliphatic carbocycles. The highest BCUT2D eigenvalue weighted by Gasteiger charge is 2.15. The van der Waals surface area contributed by atoms with E-state index in [-0.39, 0.29) is 11.9 Å². The summed E-state index contributed by atoms with van der Waals surface area (Å²) in [5.74, 6) is -0.0575. The van der Waals surface area contributed by atoms with Crippen LogP contribution in [-0.2, 0) is 13.1 Å². The van der Waals surface area contributed by atoms with Crippen molar-refractivity contribution in [1.82, 2.24) is 15.6 Å². The maximum absolute atomic E-state index is 12.3. The molecular weight excluding hydrogens is 250 g/mol. The molecule has 2 aromatic rings. The van der Waals surface area contributed by atoms with E-state index in [1.54, 1.807) is 6.20 Å². The predicted octanol–water partition coefficient (Wildman–Crippen LogP) is 2.18. The molecule has 3 rings (SSSR count). The van der Waals surface area contributed by atoms with E-state index in [0.29, 0.717) is 5.56 Å². The Hall–Kier alpha value is -2.20. The second-order valence-electron chi connectivity index (χ2n) is 5.04. The molecule has 2 heterocycles. The van der Waals surface area contributed by atoms with Crippen molar-refractivity contribution in [2.75, 3.05) is 0 Å². The van der Waals surface area contributed by atoms with Crippen molar-refractivity contribution in [2.24, 2.45) is 0 Å². The first-order valence-corrected chi connectivity index (χ1v) is 6.78. The minimum Gasteiger partial charge on any atom is -0.344 e. The molecule has 1 atom stereocenters. The fraction of sp³-hybridized carbons (Fsp3) is 0.250. The quantitative estimate of drug-likeness (QED) is 0.896. The largest absolute Gasteiger partial charge is 0.344 e. The van der Waals surface area contributed by atoms with Crippen molar-refractivity contribution in [3.63, 3.8) is 0 Å². The van der Waals surface area contributed by atoms with Gasteiger partial charge in [-0.3, -0.25) is 9.78 Å². The van der Waals surface area contributed by atoms with E-state index in [1.165, 1.54) is 11.1 Å². The van der Waals surface area contributed by atoms with Crippen LogP contribution in [0, 0.1) is 0 Å². The van der Waals surface area contributed by atoms with E-state index >= 15 is 0 Å². The molecule has 0 radical (unpaired) electrons. The maximum atomic E-state index is 12.3. The van der Waals surface area contributed by atoms with Gasteiger partial charge in [0.05, 0.1) is 11.7 Å². The van der Waals surface area contributed by atoms with Gasteiger partial charge in [0.2, 0.25) is 0 Å². The number of rotatable bonds is 3. The van der Waals surface area contributed by atoms with Crippen molar-refractivity contribution in [3.05, 3.63) is 65.0 Å². The molecule has 0 fully saturated rings.